The van der Waals surface area contributed by atoms with Gasteiger partial charge >= 0.3 is 0 Å². The minimum absolute atomic E-state index is 0.0509. The first-order chi connectivity index (χ1) is 7.70. The summed E-state index contributed by atoms with van der Waals surface area (Å²) in [5.74, 6) is -1.08. The number of carbonyl (C=O) groups excluding carboxylic acids is 1. The van der Waals surface area contributed by atoms with Gasteiger partial charge in [0.2, 0.25) is 0 Å². The van der Waals surface area contributed by atoms with Gasteiger partial charge in [0.1, 0.15) is 5.82 Å². The van der Waals surface area contributed by atoms with Crippen LogP contribution in [0.1, 0.15) is 24.2 Å². The van der Waals surface area contributed by atoms with Gasteiger partial charge in [-0.25, -0.2) is 4.39 Å². The number of hydrogen-bond acceptors (Lipinski definition) is 3. The van der Waals surface area contributed by atoms with Gasteiger partial charge in [0.25, 0.3) is 5.91 Å². The third kappa shape index (κ3) is 3.98. The van der Waals surface area contributed by atoms with Crippen LogP contribution in [-0.4, -0.2) is 23.2 Å². The summed E-state index contributed by atoms with van der Waals surface area (Å²) < 4.78 is 13.5. The van der Waals surface area contributed by atoms with Crippen molar-refractivity contribution < 1.29 is 14.3 Å². The van der Waals surface area contributed by atoms with Crippen LogP contribution in [0.4, 0.5) is 10.1 Å². The highest BCUT2D eigenvalue weighted by Crippen LogP contribution is 2.22. The first-order valence-corrected chi connectivity index (χ1v) is 5.75. The van der Waals surface area contributed by atoms with Crippen LogP contribution in [0, 0.1) is 5.82 Å². The van der Waals surface area contributed by atoms with Gasteiger partial charge < -0.3 is 16.2 Å². The van der Waals surface area contributed by atoms with Crippen LogP contribution in [-0.2, 0) is 0 Å². The highest BCUT2D eigenvalue weighted by Gasteiger charge is 2.17. The van der Waals surface area contributed by atoms with Crippen LogP contribution in [0.2, 0.25) is 0 Å². The van der Waals surface area contributed by atoms with E-state index in [2.05, 4.69) is 21.2 Å². The molecule has 0 fully saturated rings. The second-order valence-corrected chi connectivity index (χ2v) is 5.20. The predicted molar refractivity (Wildman–Crippen MR) is 67.1 cm³/mol. The topological polar surface area (TPSA) is 75.3 Å². The van der Waals surface area contributed by atoms with Crippen molar-refractivity contribution in [3.8, 4) is 0 Å². The fourth-order valence-electron chi connectivity index (χ4n) is 1.15. The molecule has 0 aromatic heterocycles. The average molecular weight is 305 g/mol. The van der Waals surface area contributed by atoms with E-state index in [1.165, 1.54) is 6.07 Å². The predicted octanol–water partition coefficient (Wildman–Crippen LogP) is 1.67. The number of nitrogen functional groups attached to an aromatic ring is 1. The van der Waals surface area contributed by atoms with Crippen molar-refractivity contribution in [3.63, 3.8) is 0 Å². The van der Waals surface area contributed by atoms with Crippen molar-refractivity contribution >= 4 is 27.5 Å². The Kier molecular flexibility index (Phi) is 4.11. The van der Waals surface area contributed by atoms with Crippen LogP contribution in [0.5, 0.6) is 0 Å². The zero-order valence-electron chi connectivity index (χ0n) is 9.55. The first-order valence-electron chi connectivity index (χ1n) is 4.96. The summed E-state index contributed by atoms with van der Waals surface area (Å²) >= 11 is 2.97. The summed E-state index contributed by atoms with van der Waals surface area (Å²) in [6.45, 7) is 3.17. The maximum atomic E-state index is 13.3. The smallest absolute Gasteiger partial charge is 0.253 e. The fraction of sp³-hybridized carbons (Fsp3) is 0.364. The number of aliphatic hydroxyl groups is 1. The lowest BCUT2D eigenvalue weighted by molar-refractivity contribution is 0.0694. The number of carbonyl (C=O) groups is 1. The number of nitrogens with one attached hydrogen (secondary N) is 1. The molecule has 0 bridgehead atoms. The highest BCUT2D eigenvalue weighted by atomic mass is 79.9. The van der Waals surface area contributed by atoms with Gasteiger partial charge in [0.05, 0.1) is 15.6 Å². The molecule has 0 saturated carbocycles. The molecule has 4 nitrogen and oxygen atoms in total. The molecule has 0 spiro atoms. The molecule has 1 aromatic carbocycles. The Hall–Kier alpha value is -1.14. The summed E-state index contributed by atoms with van der Waals surface area (Å²) in [5.41, 5.74) is 4.80. The standard InChI is InChI=1S/C11H14BrFN2O2/c1-11(2,17)5-15-10(16)6-3-8(13)7(12)4-9(6)14/h3-4,17H,5,14H2,1-2H3,(H,15,16). The summed E-state index contributed by atoms with van der Waals surface area (Å²) in [6, 6.07) is 2.38. The lowest BCUT2D eigenvalue weighted by Gasteiger charge is -2.18. The Morgan fingerprint density at radius 3 is 2.71 bits per heavy atom. The second-order valence-electron chi connectivity index (χ2n) is 4.35. The molecule has 0 aliphatic rings. The van der Waals surface area contributed by atoms with E-state index in [-0.39, 0.29) is 22.3 Å². The van der Waals surface area contributed by atoms with Crippen LogP contribution >= 0.6 is 15.9 Å². The molecule has 94 valence electrons. The lowest BCUT2D eigenvalue weighted by atomic mass is 10.1. The molecule has 0 unspecified atom stereocenters. The number of rotatable bonds is 3. The molecule has 0 aliphatic heterocycles. The SMILES string of the molecule is CC(C)(O)CNC(=O)c1cc(F)c(Br)cc1N. The molecule has 4 N–H and O–H groups in total. The second kappa shape index (κ2) is 5.01. The van der Waals surface area contributed by atoms with Gasteiger partial charge in [0.15, 0.2) is 0 Å². The molecular weight excluding hydrogens is 291 g/mol. The zero-order chi connectivity index (χ0) is 13.2. The molecule has 1 amide bonds. The summed E-state index contributed by atoms with van der Waals surface area (Å²) in [6.07, 6.45) is 0. The van der Waals surface area contributed by atoms with Crippen LogP contribution in [0.25, 0.3) is 0 Å². The molecule has 6 heteroatoms. The van der Waals surface area contributed by atoms with Crippen LogP contribution in [0.15, 0.2) is 16.6 Å². The van der Waals surface area contributed by atoms with E-state index >= 15 is 0 Å². The van der Waals surface area contributed by atoms with Gasteiger partial charge in [-0.3, -0.25) is 4.79 Å². The van der Waals surface area contributed by atoms with Crippen molar-refractivity contribution in [1.29, 1.82) is 0 Å². The van der Waals surface area contributed by atoms with E-state index in [0.717, 1.165) is 6.07 Å². The van der Waals surface area contributed by atoms with E-state index in [1.807, 2.05) is 0 Å². The van der Waals surface area contributed by atoms with Crippen molar-refractivity contribution in [3.05, 3.63) is 28.0 Å². The molecular formula is C11H14BrFN2O2. The van der Waals surface area contributed by atoms with Gasteiger partial charge in [-0.05, 0) is 41.9 Å². The quantitative estimate of drug-likeness (QED) is 0.744. The summed E-state index contributed by atoms with van der Waals surface area (Å²) in [4.78, 5) is 11.7. The maximum absolute atomic E-state index is 13.3. The van der Waals surface area contributed by atoms with E-state index in [0.29, 0.717) is 0 Å². The zero-order valence-corrected chi connectivity index (χ0v) is 11.1. The Labute approximate surface area is 107 Å². The van der Waals surface area contributed by atoms with E-state index < -0.39 is 17.3 Å². The van der Waals surface area contributed by atoms with Crippen molar-refractivity contribution in [1.82, 2.24) is 5.32 Å². The monoisotopic (exact) mass is 304 g/mol. The largest absolute Gasteiger partial charge is 0.398 e. The molecule has 17 heavy (non-hydrogen) atoms. The van der Waals surface area contributed by atoms with Crippen LogP contribution in [0.3, 0.4) is 0 Å². The Morgan fingerprint density at radius 1 is 1.59 bits per heavy atom. The molecule has 0 saturated heterocycles. The Bertz CT molecular complexity index is 444. The van der Waals surface area contributed by atoms with Gasteiger partial charge in [0, 0.05) is 12.2 Å². The van der Waals surface area contributed by atoms with Gasteiger partial charge in [-0.15, -0.1) is 0 Å². The number of halogens is 2. The number of benzene rings is 1. The van der Waals surface area contributed by atoms with Crippen molar-refractivity contribution in [2.45, 2.75) is 19.4 Å². The third-order valence-corrected chi connectivity index (χ3v) is 2.63. The molecule has 0 radical (unpaired) electrons. The summed E-state index contributed by atoms with van der Waals surface area (Å²) in [5, 5.41) is 11.9. The fourth-order valence-corrected chi connectivity index (χ4v) is 1.51. The van der Waals surface area contributed by atoms with Crippen molar-refractivity contribution in [2.24, 2.45) is 0 Å². The number of nitrogens with two attached hydrogens (primary N) is 1. The number of hydrogen-bond donors (Lipinski definition) is 3. The van der Waals surface area contributed by atoms with Crippen LogP contribution < -0.4 is 11.1 Å². The Morgan fingerprint density at radius 2 is 2.18 bits per heavy atom. The molecule has 0 aliphatic carbocycles. The molecule has 1 rings (SSSR count). The average Bonchev–Trinajstić information content (AvgIpc) is 2.19. The van der Waals surface area contributed by atoms with Gasteiger partial charge in [-0.1, -0.05) is 0 Å². The highest BCUT2D eigenvalue weighted by molar-refractivity contribution is 9.10. The minimum Gasteiger partial charge on any atom is -0.398 e. The number of amides is 1. The summed E-state index contributed by atoms with van der Waals surface area (Å²) in [7, 11) is 0. The van der Waals surface area contributed by atoms with E-state index in [9.17, 15) is 14.3 Å². The normalized spacial score (nSPS) is 11.4. The lowest BCUT2D eigenvalue weighted by Crippen LogP contribution is -2.38. The minimum atomic E-state index is -1.03. The molecule has 0 heterocycles. The van der Waals surface area contributed by atoms with Crippen molar-refractivity contribution in [2.75, 3.05) is 12.3 Å². The first kappa shape index (κ1) is 13.9. The van der Waals surface area contributed by atoms with E-state index in [4.69, 9.17) is 5.73 Å². The number of anilines is 1. The van der Waals surface area contributed by atoms with Gasteiger partial charge in [-0.2, -0.15) is 0 Å². The maximum Gasteiger partial charge on any atom is 0.253 e. The molecule has 1 aromatic rings. The Balaban J connectivity index is 2.86. The third-order valence-electron chi connectivity index (χ3n) is 2.02. The van der Waals surface area contributed by atoms with E-state index in [1.54, 1.807) is 13.8 Å². The molecule has 0 atom stereocenters.